The van der Waals surface area contributed by atoms with Crippen molar-refractivity contribution in [2.75, 3.05) is 11.9 Å². The maximum absolute atomic E-state index is 11.2. The number of hydrogen-bond donors (Lipinski definition) is 1. The summed E-state index contributed by atoms with van der Waals surface area (Å²) in [5.41, 5.74) is 3.35. The van der Waals surface area contributed by atoms with E-state index in [1.54, 1.807) is 12.1 Å². The molecule has 26 heavy (non-hydrogen) atoms. The van der Waals surface area contributed by atoms with Gasteiger partial charge in [-0.2, -0.15) is 0 Å². The van der Waals surface area contributed by atoms with E-state index in [9.17, 15) is 10.1 Å². The van der Waals surface area contributed by atoms with Gasteiger partial charge in [-0.05, 0) is 28.8 Å². The van der Waals surface area contributed by atoms with Gasteiger partial charge in [-0.3, -0.25) is 10.1 Å². The first kappa shape index (κ1) is 15.3. The number of nitrogens with zero attached hydrogens (tertiary/aromatic N) is 1. The lowest BCUT2D eigenvalue weighted by Gasteiger charge is -2.37. The van der Waals surface area contributed by atoms with Crippen molar-refractivity contribution in [2.45, 2.75) is 18.6 Å². The molecule has 3 aromatic carbocycles. The van der Waals surface area contributed by atoms with Crippen molar-refractivity contribution in [2.24, 2.45) is 5.92 Å². The number of nitro groups is 1. The molecule has 0 radical (unpaired) electrons. The second-order valence-electron chi connectivity index (χ2n) is 6.97. The first-order valence-corrected chi connectivity index (χ1v) is 8.86. The predicted octanol–water partition coefficient (Wildman–Crippen LogP) is 4.99. The number of benzene rings is 3. The SMILES string of the molecule is O=[N+]([O-])c1cccc([C@@H]2Nc3ccc4ccccc4c3[C@H]3OCC[C@H]32)c1. The fourth-order valence-electron chi connectivity index (χ4n) is 4.41. The molecular weight excluding hydrogens is 328 g/mol. The average molecular weight is 346 g/mol. The Morgan fingerprint density at radius 1 is 1.08 bits per heavy atom. The Labute approximate surface area is 150 Å². The van der Waals surface area contributed by atoms with Gasteiger partial charge in [-0.25, -0.2) is 0 Å². The topological polar surface area (TPSA) is 64.4 Å². The van der Waals surface area contributed by atoms with Crippen molar-refractivity contribution in [3.8, 4) is 0 Å². The smallest absolute Gasteiger partial charge is 0.269 e. The van der Waals surface area contributed by atoms with E-state index in [0.717, 1.165) is 17.7 Å². The van der Waals surface area contributed by atoms with Gasteiger partial charge in [0, 0.05) is 35.9 Å². The van der Waals surface area contributed by atoms with E-state index < -0.39 is 0 Å². The van der Waals surface area contributed by atoms with E-state index in [-0.39, 0.29) is 28.7 Å². The Balaban J connectivity index is 1.64. The summed E-state index contributed by atoms with van der Waals surface area (Å²) in [5.74, 6) is 0.260. The normalized spacial score (nSPS) is 23.9. The molecule has 2 aliphatic heterocycles. The summed E-state index contributed by atoms with van der Waals surface area (Å²) in [5, 5.41) is 17.2. The Bertz CT molecular complexity index is 1020. The summed E-state index contributed by atoms with van der Waals surface area (Å²) in [7, 11) is 0. The molecule has 0 unspecified atom stereocenters. The number of anilines is 1. The Morgan fingerprint density at radius 3 is 2.85 bits per heavy atom. The summed E-state index contributed by atoms with van der Waals surface area (Å²) in [4.78, 5) is 10.8. The van der Waals surface area contributed by atoms with E-state index in [4.69, 9.17) is 4.74 Å². The Hall–Kier alpha value is -2.92. The van der Waals surface area contributed by atoms with Gasteiger partial charge in [0.05, 0.1) is 17.1 Å². The maximum Gasteiger partial charge on any atom is 0.269 e. The third-order valence-corrected chi connectivity index (χ3v) is 5.57. The van der Waals surface area contributed by atoms with Gasteiger partial charge in [0.25, 0.3) is 5.69 Å². The van der Waals surface area contributed by atoms with E-state index in [0.29, 0.717) is 6.61 Å². The van der Waals surface area contributed by atoms with Crippen molar-refractivity contribution in [1.29, 1.82) is 0 Å². The minimum absolute atomic E-state index is 0.0102. The lowest BCUT2D eigenvalue weighted by Crippen LogP contribution is -2.29. The van der Waals surface area contributed by atoms with Gasteiger partial charge < -0.3 is 10.1 Å². The molecule has 0 aromatic heterocycles. The van der Waals surface area contributed by atoms with Crippen LogP contribution in [0.25, 0.3) is 10.8 Å². The standard InChI is InChI=1S/C21H18N2O3/c24-23(25)15-6-3-5-14(12-15)20-17-10-11-26-21(17)19-16-7-2-1-4-13(16)8-9-18(19)22-20/h1-9,12,17,20-22H,10-11H2/t17-,20-,21-/m0/s1. The first-order chi connectivity index (χ1) is 12.7. The van der Waals surface area contributed by atoms with Crippen molar-refractivity contribution >= 4 is 22.1 Å². The number of nitro benzene ring substituents is 1. The first-order valence-electron chi connectivity index (χ1n) is 8.86. The number of ether oxygens (including phenoxy) is 1. The quantitative estimate of drug-likeness (QED) is 0.524. The summed E-state index contributed by atoms with van der Waals surface area (Å²) in [6, 6.07) is 19.5. The van der Waals surface area contributed by atoms with Gasteiger partial charge in [-0.1, -0.05) is 42.5 Å². The number of fused-ring (bicyclic) bond motifs is 5. The molecule has 0 saturated carbocycles. The number of non-ortho nitro benzene ring substituents is 1. The molecule has 3 atom stereocenters. The lowest BCUT2D eigenvalue weighted by molar-refractivity contribution is -0.384. The second kappa shape index (κ2) is 5.81. The van der Waals surface area contributed by atoms with Gasteiger partial charge >= 0.3 is 0 Å². The van der Waals surface area contributed by atoms with Crippen molar-refractivity contribution in [3.05, 3.63) is 81.9 Å². The summed E-state index contributed by atoms with van der Waals surface area (Å²) in [6.07, 6.45) is 0.954. The van der Waals surface area contributed by atoms with Crippen LogP contribution >= 0.6 is 0 Å². The van der Waals surface area contributed by atoms with Crippen molar-refractivity contribution in [1.82, 2.24) is 0 Å². The molecule has 1 fully saturated rings. The molecule has 1 N–H and O–H groups in total. The van der Waals surface area contributed by atoms with Crippen LogP contribution in [0.2, 0.25) is 0 Å². The highest BCUT2D eigenvalue weighted by molar-refractivity contribution is 5.91. The molecule has 130 valence electrons. The van der Waals surface area contributed by atoms with E-state index in [2.05, 4.69) is 35.6 Å². The molecule has 2 heterocycles. The van der Waals surface area contributed by atoms with Crippen LogP contribution in [-0.4, -0.2) is 11.5 Å². The maximum atomic E-state index is 11.2. The molecule has 1 saturated heterocycles. The fraction of sp³-hybridized carbons (Fsp3) is 0.238. The van der Waals surface area contributed by atoms with Crippen molar-refractivity contribution < 1.29 is 9.66 Å². The molecule has 5 rings (SSSR count). The highest BCUT2D eigenvalue weighted by Crippen LogP contribution is 2.52. The zero-order chi connectivity index (χ0) is 17.7. The van der Waals surface area contributed by atoms with Crippen molar-refractivity contribution in [3.63, 3.8) is 0 Å². The number of hydrogen-bond acceptors (Lipinski definition) is 4. The van der Waals surface area contributed by atoms with Gasteiger partial charge in [0.15, 0.2) is 0 Å². The largest absolute Gasteiger partial charge is 0.378 e. The molecule has 0 aliphatic carbocycles. The van der Waals surface area contributed by atoms with Crippen LogP contribution in [0.3, 0.4) is 0 Å². The Morgan fingerprint density at radius 2 is 1.96 bits per heavy atom. The minimum atomic E-state index is -0.337. The molecule has 0 bridgehead atoms. The van der Waals surface area contributed by atoms with Gasteiger partial charge in [0.1, 0.15) is 0 Å². The number of nitrogens with one attached hydrogen (secondary N) is 1. The van der Waals surface area contributed by atoms with Gasteiger partial charge in [0.2, 0.25) is 0 Å². The monoisotopic (exact) mass is 346 g/mol. The van der Waals surface area contributed by atoms with Crippen LogP contribution in [0.15, 0.2) is 60.7 Å². The molecule has 3 aromatic rings. The molecule has 2 aliphatic rings. The third-order valence-electron chi connectivity index (χ3n) is 5.57. The van der Waals surface area contributed by atoms with E-state index >= 15 is 0 Å². The zero-order valence-electron chi connectivity index (χ0n) is 14.1. The number of rotatable bonds is 2. The fourth-order valence-corrected chi connectivity index (χ4v) is 4.41. The molecule has 0 amide bonds. The average Bonchev–Trinajstić information content (AvgIpc) is 3.16. The molecular formula is C21H18N2O3. The molecule has 0 spiro atoms. The van der Waals surface area contributed by atoms with Crippen LogP contribution in [0.5, 0.6) is 0 Å². The summed E-state index contributed by atoms with van der Waals surface area (Å²) < 4.78 is 6.15. The predicted molar refractivity (Wildman–Crippen MR) is 100 cm³/mol. The van der Waals surface area contributed by atoms with Crippen LogP contribution in [-0.2, 0) is 4.74 Å². The highest BCUT2D eigenvalue weighted by Gasteiger charge is 2.42. The summed E-state index contributed by atoms with van der Waals surface area (Å²) in [6.45, 7) is 0.713. The molecule has 5 heteroatoms. The third kappa shape index (κ3) is 2.28. The van der Waals surface area contributed by atoms with Gasteiger partial charge in [-0.15, -0.1) is 0 Å². The second-order valence-corrected chi connectivity index (χ2v) is 6.97. The van der Waals surface area contributed by atoms with E-state index in [1.165, 1.54) is 22.4 Å². The van der Waals surface area contributed by atoms with Crippen LogP contribution in [0.1, 0.15) is 29.7 Å². The van der Waals surface area contributed by atoms with Crippen LogP contribution in [0, 0.1) is 16.0 Å². The highest BCUT2D eigenvalue weighted by atomic mass is 16.6. The summed E-state index contributed by atoms with van der Waals surface area (Å²) >= 11 is 0. The molecule has 5 nitrogen and oxygen atoms in total. The zero-order valence-corrected chi connectivity index (χ0v) is 14.1. The minimum Gasteiger partial charge on any atom is -0.378 e. The lowest BCUT2D eigenvalue weighted by atomic mass is 9.79. The van der Waals surface area contributed by atoms with Crippen LogP contribution in [0.4, 0.5) is 11.4 Å². The van der Waals surface area contributed by atoms with E-state index in [1.807, 2.05) is 12.1 Å². The Kier molecular flexibility index (Phi) is 3.43. The van der Waals surface area contributed by atoms with Crippen LogP contribution < -0.4 is 5.32 Å².